The number of hydrogen-bond donors (Lipinski definition) is 1. The molecule has 1 N–H and O–H groups in total. The smallest absolute Gasteiger partial charge is 0.349 e. The first-order valence-corrected chi connectivity index (χ1v) is 7.69. The summed E-state index contributed by atoms with van der Waals surface area (Å²) in [5.74, 6) is -0.566. The van der Waals surface area contributed by atoms with Crippen molar-refractivity contribution >= 4 is 22.6 Å². The molecule has 1 aromatic carbocycles. The summed E-state index contributed by atoms with van der Waals surface area (Å²) in [6, 6.07) is 3.64. The molecule has 0 bridgehead atoms. The first kappa shape index (κ1) is 16.9. The highest BCUT2D eigenvalue weighted by Gasteiger charge is 2.21. The summed E-state index contributed by atoms with van der Waals surface area (Å²) in [7, 11) is 1.31. The molecule has 132 valence electrons. The zero-order valence-corrected chi connectivity index (χ0v) is 13.4. The van der Waals surface area contributed by atoms with Crippen molar-refractivity contribution in [3.8, 4) is 5.75 Å². The molecular weight excluding hydrogens is 332 g/mol. The molecule has 0 spiro atoms. The van der Waals surface area contributed by atoms with Gasteiger partial charge in [-0.05, 0) is 18.9 Å². The van der Waals surface area contributed by atoms with Crippen LogP contribution in [0, 0.1) is 10.1 Å². The lowest BCUT2D eigenvalue weighted by Crippen LogP contribution is -2.34. The average Bonchev–Trinajstić information content (AvgIpc) is 3.11. The Morgan fingerprint density at radius 3 is 2.88 bits per heavy atom. The minimum absolute atomic E-state index is 0.0487. The molecule has 1 aromatic heterocycles. The molecule has 1 aliphatic rings. The fourth-order valence-electron chi connectivity index (χ4n) is 2.71. The normalized spacial score (nSPS) is 16.8. The molecule has 0 aliphatic carbocycles. The third-order valence-corrected chi connectivity index (χ3v) is 3.97. The van der Waals surface area contributed by atoms with Gasteiger partial charge in [-0.25, -0.2) is 4.79 Å². The van der Waals surface area contributed by atoms with Crippen LogP contribution in [-0.2, 0) is 4.74 Å². The third-order valence-electron chi connectivity index (χ3n) is 3.97. The molecule has 9 nitrogen and oxygen atoms in total. The summed E-state index contributed by atoms with van der Waals surface area (Å²) < 4.78 is 15.6. The average molecular weight is 348 g/mol. The lowest BCUT2D eigenvalue weighted by molar-refractivity contribution is -0.384. The van der Waals surface area contributed by atoms with Crippen molar-refractivity contribution in [1.29, 1.82) is 0 Å². The van der Waals surface area contributed by atoms with E-state index in [-0.39, 0.29) is 40.6 Å². The van der Waals surface area contributed by atoms with E-state index in [1.54, 1.807) is 0 Å². The van der Waals surface area contributed by atoms with E-state index in [0.29, 0.717) is 6.61 Å². The number of hydrogen-bond acceptors (Lipinski definition) is 7. The molecule has 1 aliphatic heterocycles. The Bertz CT molecular complexity index is 884. The van der Waals surface area contributed by atoms with Crippen molar-refractivity contribution in [1.82, 2.24) is 5.32 Å². The van der Waals surface area contributed by atoms with Crippen LogP contribution in [0.25, 0.3) is 11.0 Å². The Kier molecular flexibility index (Phi) is 4.66. The summed E-state index contributed by atoms with van der Waals surface area (Å²) in [5.41, 5.74) is -1.25. The number of rotatable bonds is 5. The van der Waals surface area contributed by atoms with E-state index < -0.39 is 16.5 Å². The SMILES string of the molecule is COc1cc([N+](=O)[O-])cc2cc(C(=O)NC[C@H]3CCCO3)c(=O)oc12. The summed E-state index contributed by atoms with van der Waals surface area (Å²) in [6.45, 7) is 0.941. The van der Waals surface area contributed by atoms with Gasteiger partial charge in [-0.1, -0.05) is 0 Å². The number of fused-ring (bicyclic) bond motifs is 1. The summed E-state index contributed by atoms with van der Waals surface area (Å²) in [4.78, 5) is 34.8. The van der Waals surface area contributed by atoms with Crippen LogP contribution in [0.2, 0.25) is 0 Å². The number of carbonyl (C=O) groups excluding carboxylic acids is 1. The van der Waals surface area contributed by atoms with Gasteiger partial charge >= 0.3 is 5.63 Å². The van der Waals surface area contributed by atoms with E-state index >= 15 is 0 Å². The number of nitro groups is 1. The summed E-state index contributed by atoms with van der Waals surface area (Å²) in [6.07, 6.45) is 1.70. The van der Waals surface area contributed by atoms with Gasteiger partial charge < -0.3 is 19.2 Å². The number of nitro benzene ring substituents is 1. The van der Waals surface area contributed by atoms with Crippen LogP contribution in [0.15, 0.2) is 27.4 Å². The molecule has 3 rings (SSSR count). The van der Waals surface area contributed by atoms with E-state index in [1.165, 1.54) is 19.2 Å². The number of nitrogens with one attached hydrogen (secondary N) is 1. The standard InChI is InChI=1S/C16H16N2O7/c1-23-13-7-10(18(21)22)5-9-6-12(16(20)25-14(9)13)15(19)17-8-11-3-2-4-24-11/h5-7,11H,2-4,8H2,1H3,(H,17,19)/t11-/m1/s1. The van der Waals surface area contributed by atoms with Gasteiger partial charge in [-0.3, -0.25) is 14.9 Å². The third kappa shape index (κ3) is 3.45. The summed E-state index contributed by atoms with van der Waals surface area (Å²) in [5, 5.41) is 13.9. The van der Waals surface area contributed by atoms with Crippen molar-refractivity contribution in [3.05, 3.63) is 44.3 Å². The largest absolute Gasteiger partial charge is 0.493 e. The van der Waals surface area contributed by atoms with Gasteiger partial charge in [0.25, 0.3) is 11.6 Å². The van der Waals surface area contributed by atoms with Crippen LogP contribution in [0.1, 0.15) is 23.2 Å². The molecule has 2 aromatic rings. The van der Waals surface area contributed by atoms with Gasteiger partial charge in [0.2, 0.25) is 0 Å². The van der Waals surface area contributed by atoms with Crippen LogP contribution < -0.4 is 15.7 Å². The number of methoxy groups -OCH3 is 1. The molecule has 0 saturated carbocycles. The van der Waals surface area contributed by atoms with Crippen molar-refractivity contribution < 1.29 is 23.6 Å². The zero-order valence-electron chi connectivity index (χ0n) is 13.4. The second-order valence-corrected chi connectivity index (χ2v) is 5.62. The van der Waals surface area contributed by atoms with Gasteiger partial charge in [0.05, 0.1) is 24.2 Å². The molecule has 1 amide bonds. The van der Waals surface area contributed by atoms with Crippen LogP contribution in [0.3, 0.4) is 0 Å². The zero-order chi connectivity index (χ0) is 18.0. The van der Waals surface area contributed by atoms with Crippen molar-refractivity contribution in [2.75, 3.05) is 20.3 Å². The second kappa shape index (κ2) is 6.89. The predicted octanol–water partition coefficient (Wildman–Crippen LogP) is 1.62. The quantitative estimate of drug-likeness (QED) is 0.495. The molecule has 1 atom stereocenters. The highest BCUT2D eigenvalue weighted by Crippen LogP contribution is 2.30. The molecule has 0 unspecified atom stereocenters. The molecule has 9 heteroatoms. The van der Waals surface area contributed by atoms with Gasteiger partial charge in [-0.2, -0.15) is 0 Å². The first-order valence-electron chi connectivity index (χ1n) is 7.69. The predicted molar refractivity (Wildman–Crippen MR) is 87.0 cm³/mol. The van der Waals surface area contributed by atoms with Gasteiger partial charge in [0.15, 0.2) is 11.3 Å². The van der Waals surface area contributed by atoms with Crippen LogP contribution in [0.5, 0.6) is 5.75 Å². The molecule has 25 heavy (non-hydrogen) atoms. The molecule has 0 radical (unpaired) electrons. The topological polar surface area (TPSA) is 121 Å². The highest BCUT2D eigenvalue weighted by atomic mass is 16.6. The molecular formula is C16H16N2O7. The van der Waals surface area contributed by atoms with E-state index in [0.717, 1.165) is 18.9 Å². The Labute approximate surface area is 141 Å². The summed E-state index contributed by atoms with van der Waals surface area (Å²) >= 11 is 0. The Morgan fingerprint density at radius 2 is 2.24 bits per heavy atom. The maximum atomic E-state index is 12.2. The van der Waals surface area contributed by atoms with E-state index in [9.17, 15) is 19.7 Å². The monoisotopic (exact) mass is 348 g/mol. The van der Waals surface area contributed by atoms with E-state index in [2.05, 4.69) is 5.32 Å². The fourth-order valence-corrected chi connectivity index (χ4v) is 2.71. The number of benzene rings is 1. The highest BCUT2D eigenvalue weighted by molar-refractivity contribution is 5.97. The second-order valence-electron chi connectivity index (χ2n) is 5.62. The number of non-ortho nitro benzene ring substituents is 1. The van der Waals surface area contributed by atoms with E-state index in [4.69, 9.17) is 13.9 Å². The van der Waals surface area contributed by atoms with Crippen LogP contribution in [0.4, 0.5) is 5.69 Å². The maximum Gasteiger partial charge on any atom is 0.349 e. The van der Waals surface area contributed by atoms with Crippen LogP contribution >= 0.6 is 0 Å². The molecule has 1 fully saturated rings. The maximum absolute atomic E-state index is 12.2. The molecule has 1 saturated heterocycles. The lowest BCUT2D eigenvalue weighted by Gasteiger charge is -2.10. The number of carbonyl (C=O) groups is 1. The molecule has 2 heterocycles. The minimum Gasteiger partial charge on any atom is -0.493 e. The van der Waals surface area contributed by atoms with E-state index in [1.807, 2.05) is 0 Å². The lowest BCUT2D eigenvalue weighted by atomic mass is 10.1. The van der Waals surface area contributed by atoms with Crippen LogP contribution in [-0.4, -0.2) is 37.2 Å². The number of ether oxygens (including phenoxy) is 2. The minimum atomic E-state index is -0.843. The fraction of sp³-hybridized carbons (Fsp3) is 0.375. The number of nitrogens with zero attached hydrogens (tertiary/aromatic N) is 1. The van der Waals surface area contributed by atoms with Crippen molar-refractivity contribution in [2.24, 2.45) is 0 Å². The Balaban J connectivity index is 1.95. The van der Waals surface area contributed by atoms with Gasteiger partial charge in [0, 0.05) is 24.6 Å². The van der Waals surface area contributed by atoms with Crippen molar-refractivity contribution in [3.63, 3.8) is 0 Å². The number of amides is 1. The first-order chi connectivity index (χ1) is 12.0. The van der Waals surface area contributed by atoms with Gasteiger partial charge in [0.1, 0.15) is 5.56 Å². The Morgan fingerprint density at radius 1 is 1.44 bits per heavy atom. The Hall–Kier alpha value is -2.94. The van der Waals surface area contributed by atoms with Gasteiger partial charge in [-0.15, -0.1) is 0 Å². The van der Waals surface area contributed by atoms with Crippen molar-refractivity contribution in [2.45, 2.75) is 18.9 Å².